The van der Waals surface area contributed by atoms with E-state index in [-0.39, 0.29) is 16.9 Å². The van der Waals surface area contributed by atoms with E-state index in [0.717, 1.165) is 81.4 Å². The first-order valence-electron chi connectivity index (χ1n) is 15.0. The zero-order valence-electron chi connectivity index (χ0n) is 25.7. The molecule has 0 unspecified atom stereocenters. The SMILES string of the molecule is C=C(C#N)C=CC(=C)OC(F)(F)c1ccc(CCCCCCCCCc2ccc(C(F)(F)Oc3ccc(C#N)cc3)c(F)c2)cc1F. The second kappa shape index (κ2) is 17.1. The van der Waals surface area contributed by atoms with Crippen LogP contribution in [0.15, 0.2) is 97.3 Å². The minimum Gasteiger partial charge on any atom is -0.429 e. The molecule has 4 nitrogen and oxygen atoms in total. The van der Waals surface area contributed by atoms with Crippen molar-refractivity contribution in [2.75, 3.05) is 0 Å². The average molecular weight is 653 g/mol. The number of ether oxygens (including phenoxy) is 2. The topological polar surface area (TPSA) is 66.0 Å². The number of nitrogens with zero attached hydrogens (tertiary/aromatic N) is 2. The van der Waals surface area contributed by atoms with Crippen LogP contribution < -0.4 is 4.74 Å². The number of allylic oxidation sites excluding steroid dienone is 3. The summed E-state index contributed by atoms with van der Waals surface area (Å²) in [6, 6.07) is 15.8. The van der Waals surface area contributed by atoms with Gasteiger partial charge in [0, 0.05) is 5.57 Å². The van der Waals surface area contributed by atoms with Crippen LogP contribution in [0, 0.1) is 34.3 Å². The largest absolute Gasteiger partial charge is 0.429 e. The lowest BCUT2D eigenvalue weighted by atomic mass is 10.0. The van der Waals surface area contributed by atoms with Crippen LogP contribution in [0.25, 0.3) is 0 Å². The highest BCUT2D eigenvalue weighted by molar-refractivity contribution is 5.36. The molecule has 0 radical (unpaired) electrons. The summed E-state index contributed by atoms with van der Waals surface area (Å²) in [7, 11) is 0. The third kappa shape index (κ3) is 11.4. The third-order valence-corrected chi connectivity index (χ3v) is 7.23. The summed E-state index contributed by atoms with van der Waals surface area (Å²) >= 11 is 0. The number of halogens is 6. The van der Waals surface area contributed by atoms with E-state index in [1.807, 2.05) is 6.07 Å². The Hall–Kier alpha value is -4.96. The smallest absolute Gasteiger partial charge is 0.429 e. The first kappa shape index (κ1) is 36.5. The van der Waals surface area contributed by atoms with Crippen molar-refractivity contribution in [1.82, 2.24) is 0 Å². The van der Waals surface area contributed by atoms with Gasteiger partial charge in [-0.15, -0.1) is 0 Å². The lowest BCUT2D eigenvalue weighted by Gasteiger charge is -2.19. The molecule has 0 bridgehead atoms. The molecule has 0 fully saturated rings. The maximum Gasteiger partial charge on any atom is 0.429 e. The Balaban J connectivity index is 1.34. The lowest BCUT2D eigenvalue weighted by molar-refractivity contribution is -0.222. The molecule has 10 heteroatoms. The van der Waals surface area contributed by atoms with Gasteiger partial charge in [-0.05, 0) is 97.5 Å². The predicted octanol–water partition coefficient (Wildman–Crippen LogP) is 10.7. The number of alkyl halides is 4. The van der Waals surface area contributed by atoms with Crippen LogP contribution in [0.2, 0.25) is 0 Å². The molecule has 3 rings (SSSR count). The van der Waals surface area contributed by atoms with Crippen LogP contribution in [0.5, 0.6) is 5.75 Å². The molecular formula is C37H34F6N2O2. The first-order chi connectivity index (χ1) is 22.3. The monoisotopic (exact) mass is 652 g/mol. The molecule has 0 N–H and O–H groups in total. The van der Waals surface area contributed by atoms with E-state index >= 15 is 0 Å². The van der Waals surface area contributed by atoms with Gasteiger partial charge in [0.25, 0.3) is 0 Å². The predicted molar refractivity (Wildman–Crippen MR) is 166 cm³/mol. The van der Waals surface area contributed by atoms with Crippen LogP contribution in [0.1, 0.15) is 72.8 Å². The molecular weight excluding hydrogens is 618 g/mol. The second-order valence-electron chi connectivity index (χ2n) is 10.9. The summed E-state index contributed by atoms with van der Waals surface area (Å²) in [5, 5.41) is 17.5. The fourth-order valence-electron chi connectivity index (χ4n) is 4.73. The fraction of sp³-hybridized carbons (Fsp3) is 0.297. The number of hydrogen-bond acceptors (Lipinski definition) is 4. The Morgan fingerprint density at radius 2 is 1.17 bits per heavy atom. The van der Waals surface area contributed by atoms with E-state index in [1.165, 1.54) is 36.4 Å². The maximum atomic E-state index is 14.6. The summed E-state index contributed by atoms with van der Waals surface area (Å²) in [5.41, 5.74) is -0.289. The van der Waals surface area contributed by atoms with E-state index in [9.17, 15) is 26.3 Å². The normalized spacial score (nSPS) is 11.6. The first-order valence-corrected chi connectivity index (χ1v) is 15.0. The molecule has 0 saturated heterocycles. The Morgan fingerprint density at radius 1 is 0.681 bits per heavy atom. The molecule has 0 aliphatic rings. The Morgan fingerprint density at radius 3 is 1.64 bits per heavy atom. The van der Waals surface area contributed by atoms with Crippen LogP contribution in [0.3, 0.4) is 0 Å². The van der Waals surface area contributed by atoms with Gasteiger partial charge in [0.05, 0.1) is 28.8 Å². The van der Waals surface area contributed by atoms with Crippen LogP contribution in [-0.2, 0) is 29.8 Å². The van der Waals surface area contributed by atoms with Crippen LogP contribution in [-0.4, -0.2) is 0 Å². The number of benzene rings is 3. The van der Waals surface area contributed by atoms with E-state index in [0.29, 0.717) is 24.0 Å². The van der Waals surface area contributed by atoms with Gasteiger partial charge >= 0.3 is 12.2 Å². The Kier molecular flexibility index (Phi) is 13.3. The molecule has 47 heavy (non-hydrogen) atoms. The molecule has 0 spiro atoms. The Bertz CT molecular complexity index is 1650. The van der Waals surface area contributed by atoms with Gasteiger partial charge in [-0.3, -0.25) is 0 Å². The van der Waals surface area contributed by atoms with Crippen LogP contribution >= 0.6 is 0 Å². The maximum absolute atomic E-state index is 14.6. The third-order valence-electron chi connectivity index (χ3n) is 7.23. The molecule has 3 aromatic carbocycles. The van der Waals surface area contributed by atoms with Crippen LogP contribution in [0.4, 0.5) is 26.3 Å². The summed E-state index contributed by atoms with van der Waals surface area (Å²) in [4.78, 5) is 0. The van der Waals surface area contributed by atoms with Gasteiger partial charge < -0.3 is 9.47 Å². The van der Waals surface area contributed by atoms with Gasteiger partial charge in [0.2, 0.25) is 0 Å². The highest BCUT2D eigenvalue weighted by Crippen LogP contribution is 2.35. The van der Waals surface area contributed by atoms with Gasteiger partial charge in [-0.25, -0.2) is 8.78 Å². The van der Waals surface area contributed by atoms with Gasteiger partial charge in [-0.1, -0.05) is 57.4 Å². The summed E-state index contributed by atoms with van der Waals surface area (Å²) in [6.07, 6.45) is 1.49. The van der Waals surface area contributed by atoms with Gasteiger partial charge in [0.15, 0.2) is 0 Å². The molecule has 0 heterocycles. The summed E-state index contributed by atoms with van der Waals surface area (Å²) < 4.78 is 96.3. The highest BCUT2D eigenvalue weighted by atomic mass is 19.3. The molecule has 3 aromatic rings. The molecule has 0 atom stereocenters. The Labute approximate surface area is 270 Å². The van der Waals surface area contributed by atoms with E-state index in [1.54, 1.807) is 6.07 Å². The molecule has 0 aliphatic heterocycles. The van der Waals surface area contributed by atoms with E-state index in [2.05, 4.69) is 17.9 Å². The molecule has 0 amide bonds. The molecule has 246 valence electrons. The quantitative estimate of drug-likeness (QED) is 0.0451. The number of nitriles is 2. The van der Waals surface area contributed by atoms with Gasteiger partial charge in [0.1, 0.15) is 23.1 Å². The number of rotatable bonds is 18. The van der Waals surface area contributed by atoms with Crippen molar-refractivity contribution in [3.63, 3.8) is 0 Å². The fourth-order valence-corrected chi connectivity index (χ4v) is 4.73. The zero-order valence-corrected chi connectivity index (χ0v) is 25.7. The van der Waals surface area contributed by atoms with Crippen molar-refractivity contribution >= 4 is 0 Å². The van der Waals surface area contributed by atoms with Crippen molar-refractivity contribution in [2.45, 2.75) is 70.0 Å². The van der Waals surface area contributed by atoms with Crippen molar-refractivity contribution in [3.05, 3.63) is 137 Å². The average Bonchev–Trinajstić information content (AvgIpc) is 3.02. The lowest BCUT2D eigenvalue weighted by Crippen LogP contribution is -2.23. The summed E-state index contributed by atoms with van der Waals surface area (Å²) in [6.45, 7) is 6.71. The summed E-state index contributed by atoms with van der Waals surface area (Å²) in [5.74, 6) is -2.79. The van der Waals surface area contributed by atoms with E-state index in [4.69, 9.17) is 15.3 Å². The van der Waals surface area contributed by atoms with Crippen molar-refractivity contribution in [3.8, 4) is 17.9 Å². The number of hydrogen-bond donors (Lipinski definition) is 0. The second-order valence-corrected chi connectivity index (χ2v) is 10.9. The molecule has 0 saturated carbocycles. The molecule has 0 aliphatic carbocycles. The minimum atomic E-state index is -3.95. The minimum absolute atomic E-state index is 0.0214. The van der Waals surface area contributed by atoms with Gasteiger partial charge in [-0.2, -0.15) is 28.1 Å². The van der Waals surface area contributed by atoms with Crippen molar-refractivity contribution in [2.24, 2.45) is 0 Å². The van der Waals surface area contributed by atoms with Crippen molar-refractivity contribution < 1.29 is 35.8 Å². The number of aryl methyl sites for hydroxylation is 2. The standard InChI is InChI=1S/C37H34F6N2O2/c1-26(24-44)12-13-27(2)46-36(40,41)32-20-16-28(22-34(32)38)10-8-6-4-3-5-7-9-11-29-17-21-33(35(39)23-29)37(42,43)47-31-18-14-30(25-45)15-19-31/h12-23H,1-11H2. The van der Waals surface area contributed by atoms with Crippen molar-refractivity contribution in [1.29, 1.82) is 10.5 Å². The molecule has 0 aromatic heterocycles. The zero-order chi connectivity index (χ0) is 34.5. The highest BCUT2D eigenvalue weighted by Gasteiger charge is 2.38. The van der Waals surface area contributed by atoms with E-state index < -0.39 is 40.7 Å². The number of unbranched alkanes of at least 4 members (excludes halogenated alkanes) is 6.